The van der Waals surface area contributed by atoms with Gasteiger partial charge in [0.15, 0.2) is 5.82 Å². The van der Waals surface area contributed by atoms with Gasteiger partial charge < -0.3 is 10.6 Å². The lowest BCUT2D eigenvalue weighted by atomic mass is 10.2. The van der Waals surface area contributed by atoms with E-state index in [9.17, 15) is 0 Å². The van der Waals surface area contributed by atoms with Gasteiger partial charge in [0.25, 0.3) is 0 Å². The maximum absolute atomic E-state index is 5.94. The highest BCUT2D eigenvalue weighted by atomic mass is 32.2. The summed E-state index contributed by atoms with van der Waals surface area (Å²) in [5, 5.41) is 0. The van der Waals surface area contributed by atoms with Crippen LogP contribution in [-0.4, -0.2) is 30.6 Å². The number of thioether (sulfide) groups is 1. The molecule has 0 amide bonds. The summed E-state index contributed by atoms with van der Waals surface area (Å²) in [5.74, 6) is 1.98. The van der Waals surface area contributed by atoms with Gasteiger partial charge in [-0.1, -0.05) is 0 Å². The Labute approximate surface area is 89.7 Å². The van der Waals surface area contributed by atoms with Gasteiger partial charge in [0.05, 0.1) is 5.69 Å². The Morgan fingerprint density at radius 1 is 1.57 bits per heavy atom. The monoisotopic (exact) mass is 211 g/mol. The average molecular weight is 211 g/mol. The van der Waals surface area contributed by atoms with Gasteiger partial charge in [-0.15, -0.1) is 0 Å². The molecule has 0 radical (unpaired) electrons. The quantitative estimate of drug-likeness (QED) is 0.824. The average Bonchev–Trinajstić information content (AvgIpc) is 2.18. The van der Waals surface area contributed by atoms with Crippen LogP contribution in [0, 0.1) is 6.92 Å². The highest BCUT2D eigenvalue weighted by molar-refractivity contribution is 7.98. The molecule has 0 aliphatic carbocycles. The molecule has 0 saturated carbocycles. The zero-order valence-corrected chi connectivity index (χ0v) is 9.77. The summed E-state index contributed by atoms with van der Waals surface area (Å²) in [6.07, 6.45) is 3.90. The van der Waals surface area contributed by atoms with Crippen LogP contribution in [0.25, 0.3) is 0 Å². The molecule has 1 heterocycles. The molecule has 1 rings (SSSR count). The number of nitrogen functional groups attached to an aromatic ring is 1. The van der Waals surface area contributed by atoms with Crippen LogP contribution in [0.3, 0.4) is 0 Å². The summed E-state index contributed by atoms with van der Waals surface area (Å²) < 4.78 is 0. The van der Waals surface area contributed by atoms with E-state index >= 15 is 0 Å². The largest absolute Gasteiger partial charge is 0.396 e. The zero-order valence-electron chi connectivity index (χ0n) is 8.95. The van der Waals surface area contributed by atoms with Crippen LogP contribution in [0.5, 0.6) is 0 Å². The van der Waals surface area contributed by atoms with E-state index in [1.54, 1.807) is 6.20 Å². The van der Waals surface area contributed by atoms with Gasteiger partial charge in [-0.3, -0.25) is 0 Å². The van der Waals surface area contributed by atoms with Crippen molar-refractivity contribution < 1.29 is 0 Å². The summed E-state index contributed by atoms with van der Waals surface area (Å²) >= 11 is 1.82. The molecule has 14 heavy (non-hydrogen) atoms. The van der Waals surface area contributed by atoms with Crippen LogP contribution in [0.2, 0.25) is 0 Å². The Morgan fingerprint density at radius 3 is 2.93 bits per heavy atom. The number of anilines is 2. The van der Waals surface area contributed by atoms with E-state index in [4.69, 9.17) is 5.73 Å². The summed E-state index contributed by atoms with van der Waals surface area (Å²) in [4.78, 5) is 6.38. The Hall–Kier alpha value is -0.900. The first kappa shape index (κ1) is 11.2. The fraction of sp³-hybridized carbons (Fsp3) is 0.500. The number of nitrogens with two attached hydrogens (primary N) is 1. The van der Waals surface area contributed by atoms with Gasteiger partial charge >= 0.3 is 0 Å². The van der Waals surface area contributed by atoms with Crippen molar-refractivity contribution in [2.75, 3.05) is 36.2 Å². The maximum Gasteiger partial charge on any atom is 0.151 e. The van der Waals surface area contributed by atoms with Crippen LogP contribution >= 0.6 is 11.8 Å². The molecule has 0 saturated heterocycles. The number of hydrogen-bond donors (Lipinski definition) is 1. The summed E-state index contributed by atoms with van der Waals surface area (Å²) in [6.45, 7) is 2.98. The molecule has 0 fully saturated rings. The van der Waals surface area contributed by atoms with E-state index in [1.807, 2.05) is 31.8 Å². The van der Waals surface area contributed by atoms with Gasteiger partial charge in [-0.25, -0.2) is 4.98 Å². The van der Waals surface area contributed by atoms with Crippen LogP contribution in [0.4, 0.5) is 11.5 Å². The Kier molecular flexibility index (Phi) is 4.07. The highest BCUT2D eigenvalue weighted by Crippen LogP contribution is 2.21. The molecule has 0 spiro atoms. The van der Waals surface area contributed by atoms with Crippen molar-refractivity contribution in [3.05, 3.63) is 17.8 Å². The topological polar surface area (TPSA) is 42.2 Å². The minimum Gasteiger partial charge on any atom is -0.396 e. The fourth-order valence-corrected chi connectivity index (χ4v) is 1.65. The van der Waals surface area contributed by atoms with E-state index in [1.165, 1.54) is 0 Å². The summed E-state index contributed by atoms with van der Waals surface area (Å²) in [7, 11) is 2.02. The molecule has 3 nitrogen and oxygen atoms in total. The predicted octanol–water partition coefficient (Wildman–Crippen LogP) is 1.77. The van der Waals surface area contributed by atoms with Gasteiger partial charge in [-0.05, 0) is 24.8 Å². The normalized spacial score (nSPS) is 10.2. The number of rotatable bonds is 4. The van der Waals surface area contributed by atoms with Crippen molar-refractivity contribution >= 4 is 23.3 Å². The lowest BCUT2D eigenvalue weighted by molar-refractivity contribution is 0.947. The van der Waals surface area contributed by atoms with Crippen molar-refractivity contribution in [1.82, 2.24) is 4.98 Å². The molecule has 0 atom stereocenters. The number of nitrogens with zero attached hydrogens (tertiary/aromatic N) is 2. The second-order valence-corrected chi connectivity index (χ2v) is 4.27. The van der Waals surface area contributed by atoms with E-state index in [0.717, 1.165) is 29.4 Å². The first-order chi connectivity index (χ1) is 6.66. The summed E-state index contributed by atoms with van der Waals surface area (Å²) in [5.41, 5.74) is 7.82. The smallest absolute Gasteiger partial charge is 0.151 e. The molecule has 1 aromatic rings. The second-order valence-electron chi connectivity index (χ2n) is 3.28. The van der Waals surface area contributed by atoms with Gasteiger partial charge in [0.1, 0.15) is 0 Å². The van der Waals surface area contributed by atoms with E-state index in [2.05, 4.69) is 16.1 Å². The third kappa shape index (κ3) is 2.54. The van der Waals surface area contributed by atoms with E-state index < -0.39 is 0 Å². The van der Waals surface area contributed by atoms with Crippen LogP contribution in [-0.2, 0) is 0 Å². The zero-order chi connectivity index (χ0) is 10.6. The minimum atomic E-state index is 0.788. The first-order valence-corrected chi connectivity index (χ1v) is 5.97. The highest BCUT2D eigenvalue weighted by Gasteiger charge is 2.07. The molecule has 78 valence electrons. The molecule has 0 aliphatic heterocycles. The molecule has 0 aromatic carbocycles. The van der Waals surface area contributed by atoms with Crippen molar-refractivity contribution in [2.24, 2.45) is 0 Å². The third-order valence-corrected chi connectivity index (χ3v) is 2.77. The second kappa shape index (κ2) is 5.10. The van der Waals surface area contributed by atoms with Gasteiger partial charge in [0, 0.05) is 25.5 Å². The lowest BCUT2D eigenvalue weighted by Crippen LogP contribution is -2.22. The van der Waals surface area contributed by atoms with Crippen LogP contribution < -0.4 is 10.6 Å². The minimum absolute atomic E-state index is 0.788. The number of aryl methyl sites for hydroxylation is 1. The molecular weight excluding hydrogens is 194 g/mol. The SMILES string of the molecule is CSCCN(C)c1nccc(C)c1N. The molecule has 0 aliphatic rings. The Morgan fingerprint density at radius 2 is 2.29 bits per heavy atom. The van der Waals surface area contributed by atoms with Crippen molar-refractivity contribution in [3.8, 4) is 0 Å². The number of hydrogen-bond acceptors (Lipinski definition) is 4. The van der Waals surface area contributed by atoms with E-state index in [-0.39, 0.29) is 0 Å². The fourth-order valence-electron chi connectivity index (χ4n) is 1.19. The Bertz CT molecular complexity index is 301. The molecule has 0 unspecified atom stereocenters. The first-order valence-electron chi connectivity index (χ1n) is 4.58. The lowest BCUT2D eigenvalue weighted by Gasteiger charge is -2.19. The standard InChI is InChI=1S/C10H17N3S/c1-8-4-5-12-10(9(8)11)13(2)6-7-14-3/h4-5H,6-7,11H2,1-3H3. The van der Waals surface area contributed by atoms with Crippen LogP contribution in [0.1, 0.15) is 5.56 Å². The number of pyridine rings is 1. The maximum atomic E-state index is 5.94. The molecular formula is C10H17N3S. The third-order valence-electron chi connectivity index (χ3n) is 2.18. The Balaban J connectivity index is 2.79. The van der Waals surface area contributed by atoms with Crippen molar-refractivity contribution in [3.63, 3.8) is 0 Å². The van der Waals surface area contributed by atoms with Gasteiger partial charge in [-0.2, -0.15) is 11.8 Å². The predicted molar refractivity (Wildman–Crippen MR) is 65.0 cm³/mol. The number of aromatic nitrogens is 1. The van der Waals surface area contributed by atoms with E-state index in [0.29, 0.717) is 0 Å². The molecule has 4 heteroatoms. The van der Waals surface area contributed by atoms with Crippen molar-refractivity contribution in [1.29, 1.82) is 0 Å². The molecule has 0 bridgehead atoms. The molecule has 2 N–H and O–H groups in total. The van der Waals surface area contributed by atoms with Crippen molar-refractivity contribution in [2.45, 2.75) is 6.92 Å². The summed E-state index contributed by atoms with van der Waals surface area (Å²) in [6, 6.07) is 1.93. The van der Waals surface area contributed by atoms with Gasteiger partial charge in [0.2, 0.25) is 0 Å². The van der Waals surface area contributed by atoms with Crippen LogP contribution in [0.15, 0.2) is 12.3 Å². The molecule has 1 aromatic heterocycles.